The van der Waals surface area contributed by atoms with E-state index in [-0.39, 0.29) is 12.5 Å². The molecule has 1 N–H and O–H groups in total. The molecule has 0 saturated carbocycles. The van der Waals surface area contributed by atoms with E-state index in [9.17, 15) is 9.59 Å². The molecule has 0 heterocycles. The topological polar surface area (TPSA) is 83.1 Å². The molecule has 0 fully saturated rings. The molecule has 1 aromatic carbocycles. The van der Waals surface area contributed by atoms with Crippen LogP contribution < -0.4 is 10.1 Å². The van der Waals surface area contributed by atoms with Crippen molar-refractivity contribution in [1.82, 2.24) is 5.32 Å². The van der Waals surface area contributed by atoms with Crippen molar-refractivity contribution in [3.8, 4) is 5.75 Å². The first kappa shape index (κ1) is 18.9. The summed E-state index contributed by atoms with van der Waals surface area (Å²) >= 11 is 0. The Morgan fingerprint density at radius 2 is 1.78 bits per heavy atom. The van der Waals surface area contributed by atoms with Crippen LogP contribution >= 0.6 is 0 Å². The minimum atomic E-state index is -0.771. The van der Waals surface area contributed by atoms with Gasteiger partial charge >= 0.3 is 5.97 Å². The van der Waals surface area contributed by atoms with Gasteiger partial charge < -0.3 is 24.3 Å². The molecule has 0 saturated heterocycles. The smallest absolute Gasteiger partial charge is 0.328 e. The van der Waals surface area contributed by atoms with Crippen LogP contribution in [0.2, 0.25) is 0 Å². The average Bonchev–Trinajstić information content (AvgIpc) is 2.58. The lowest BCUT2D eigenvalue weighted by Crippen LogP contribution is -2.44. The number of rotatable bonds is 10. The second kappa shape index (κ2) is 10.6. The van der Waals surface area contributed by atoms with Gasteiger partial charge in [0.05, 0.1) is 27.4 Å². The van der Waals surface area contributed by atoms with Crippen LogP contribution in [0, 0.1) is 0 Å². The Morgan fingerprint density at radius 1 is 1.09 bits per heavy atom. The average molecular weight is 325 g/mol. The molecule has 7 nitrogen and oxygen atoms in total. The van der Waals surface area contributed by atoms with Gasteiger partial charge in [-0.1, -0.05) is 12.1 Å². The number of ether oxygens (including phenoxy) is 4. The first-order chi connectivity index (χ1) is 11.1. The number of hydrogen-bond donors (Lipinski definition) is 1. The predicted octanol–water partition coefficient (Wildman–Crippen LogP) is 0.559. The maximum absolute atomic E-state index is 11.8. The molecule has 1 aromatic rings. The molecule has 0 aliphatic heterocycles. The van der Waals surface area contributed by atoms with Gasteiger partial charge in [-0.25, -0.2) is 4.79 Å². The fraction of sp³-hybridized carbons (Fsp3) is 0.500. The van der Waals surface area contributed by atoms with Crippen LogP contribution in [0.15, 0.2) is 24.3 Å². The van der Waals surface area contributed by atoms with Crippen molar-refractivity contribution in [2.24, 2.45) is 0 Å². The highest BCUT2D eigenvalue weighted by atomic mass is 16.5. The van der Waals surface area contributed by atoms with E-state index in [0.29, 0.717) is 19.6 Å². The zero-order chi connectivity index (χ0) is 17.1. The van der Waals surface area contributed by atoms with Crippen molar-refractivity contribution < 1.29 is 28.5 Å². The molecule has 7 heteroatoms. The first-order valence-electron chi connectivity index (χ1n) is 7.17. The van der Waals surface area contributed by atoms with Gasteiger partial charge in [0.2, 0.25) is 5.91 Å². The molecule has 0 bridgehead atoms. The Labute approximate surface area is 135 Å². The van der Waals surface area contributed by atoms with Crippen LogP contribution in [0.3, 0.4) is 0 Å². The maximum Gasteiger partial charge on any atom is 0.328 e. The van der Waals surface area contributed by atoms with E-state index in [0.717, 1.165) is 11.3 Å². The quantitative estimate of drug-likeness (QED) is 0.500. The normalized spacial score (nSPS) is 11.6. The number of carbonyl (C=O) groups is 2. The zero-order valence-electron chi connectivity index (χ0n) is 13.7. The largest absolute Gasteiger partial charge is 0.497 e. The molecular formula is C16H23NO6. The summed E-state index contributed by atoms with van der Waals surface area (Å²) < 4.78 is 19.8. The van der Waals surface area contributed by atoms with Crippen molar-refractivity contribution in [1.29, 1.82) is 0 Å². The van der Waals surface area contributed by atoms with E-state index >= 15 is 0 Å². The summed E-state index contributed by atoms with van der Waals surface area (Å²) in [4.78, 5) is 23.7. The fourth-order valence-electron chi connectivity index (χ4n) is 1.88. The lowest BCUT2D eigenvalue weighted by Gasteiger charge is -2.17. The second-order valence-corrected chi connectivity index (χ2v) is 4.74. The molecule has 1 rings (SSSR count). The Bertz CT molecular complexity index is 488. The molecule has 0 aliphatic rings. The van der Waals surface area contributed by atoms with Gasteiger partial charge in [-0.05, 0) is 17.7 Å². The van der Waals surface area contributed by atoms with Crippen molar-refractivity contribution in [3.05, 3.63) is 29.8 Å². The van der Waals surface area contributed by atoms with E-state index in [1.54, 1.807) is 26.4 Å². The lowest BCUT2D eigenvalue weighted by molar-refractivity contribution is -0.145. The monoisotopic (exact) mass is 325 g/mol. The predicted molar refractivity (Wildman–Crippen MR) is 83.3 cm³/mol. The van der Waals surface area contributed by atoms with Crippen molar-refractivity contribution in [3.63, 3.8) is 0 Å². The molecule has 0 unspecified atom stereocenters. The van der Waals surface area contributed by atoms with E-state index < -0.39 is 12.0 Å². The van der Waals surface area contributed by atoms with Crippen LogP contribution in [0.5, 0.6) is 5.75 Å². The minimum Gasteiger partial charge on any atom is -0.497 e. The molecule has 0 aliphatic carbocycles. The number of carbonyl (C=O) groups excluding carboxylic acids is 2. The second-order valence-electron chi connectivity index (χ2n) is 4.74. The van der Waals surface area contributed by atoms with Crippen molar-refractivity contribution >= 4 is 11.9 Å². The maximum atomic E-state index is 11.8. The summed E-state index contributed by atoms with van der Waals surface area (Å²) in [6.45, 7) is 0.574. The molecule has 0 radical (unpaired) electrons. The Morgan fingerprint density at radius 3 is 2.35 bits per heavy atom. The highest BCUT2D eigenvalue weighted by molar-refractivity contribution is 5.85. The van der Waals surface area contributed by atoms with Crippen LogP contribution in [0.1, 0.15) is 5.56 Å². The van der Waals surface area contributed by atoms with Gasteiger partial charge in [0, 0.05) is 13.5 Å². The number of benzene rings is 1. The molecular weight excluding hydrogens is 302 g/mol. The van der Waals surface area contributed by atoms with Gasteiger partial charge in [-0.15, -0.1) is 0 Å². The highest BCUT2D eigenvalue weighted by Gasteiger charge is 2.22. The van der Waals surface area contributed by atoms with E-state index in [4.69, 9.17) is 18.9 Å². The van der Waals surface area contributed by atoms with E-state index in [1.165, 1.54) is 7.11 Å². The SMILES string of the molecule is COCCOCC(=O)N[C@H](Cc1ccc(OC)cc1)C(=O)OC. The summed E-state index contributed by atoms with van der Waals surface area (Å²) in [6, 6.07) is 6.47. The summed E-state index contributed by atoms with van der Waals surface area (Å²) in [5, 5.41) is 2.61. The molecule has 1 atom stereocenters. The first-order valence-corrected chi connectivity index (χ1v) is 7.17. The number of hydrogen-bond acceptors (Lipinski definition) is 6. The lowest BCUT2D eigenvalue weighted by atomic mass is 10.1. The third-order valence-electron chi connectivity index (χ3n) is 3.08. The van der Waals surface area contributed by atoms with Crippen LogP contribution in [-0.2, 0) is 30.2 Å². The Hall–Kier alpha value is -2.12. The van der Waals surface area contributed by atoms with Crippen molar-refractivity contribution in [2.75, 3.05) is 41.2 Å². The van der Waals surface area contributed by atoms with E-state index in [1.807, 2.05) is 12.1 Å². The van der Waals surface area contributed by atoms with Crippen LogP contribution in [-0.4, -0.2) is 59.1 Å². The molecule has 1 amide bonds. The van der Waals surface area contributed by atoms with Crippen LogP contribution in [0.4, 0.5) is 0 Å². The number of esters is 1. The Balaban J connectivity index is 2.57. The molecule has 23 heavy (non-hydrogen) atoms. The zero-order valence-corrected chi connectivity index (χ0v) is 13.7. The number of amides is 1. The van der Waals surface area contributed by atoms with Crippen molar-refractivity contribution in [2.45, 2.75) is 12.5 Å². The summed E-state index contributed by atoms with van der Waals surface area (Å²) in [5.74, 6) is -0.171. The van der Waals surface area contributed by atoms with Gasteiger partial charge in [-0.2, -0.15) is 0 Å². The third-order valence-corrected chi connectivity index (χ3v) is 3.08. The summed E-state index contributed by atoms with van der Waals surface area (Å²) in [6.07, 6.45) is 0.320. The van der Waals surface area contributed by atoms with Gasteiger partial charge in [0.25, 0.3) is 0 Å². The highest BCUT2D eigenvalue weighted by Crippen LogP contribution is 2.13. The standard InChI is InChI=1S/C16H23NO6/c1-20-8-9-23-11-15(18)17-14(16(19)22-3)10-12-4-6-13(21-2)7-5-12/h4-7,14H,8-11H2,1-3H3,(H,17,18)/t14-/m1/s1. The summed E-state index contributed by atoms with van der Waals surface area (Å²) in [5.41, 5.74) is 0.877. The van der Waals surface area contributed by atoms with E-state index in [2.05, 4.69) is 5.32 Å². The van der Waals surface area contributed by atoms with Crippen LogP contribution in [0.25, 0.3) is 0 Å². The van der Waals surface area contributed by atoms with Gasteiger partial charge in [0.1, 0.15) is 18.4 Å². The minimum absolute atomic E-state index is 0.139. The molecule has 0 aromatic heterocycles. The Kier molecular flexibility index (Phi) is 8.71. The third kappa shape index (κ3) is 7.12. The number of methoxy groups -OCH3 is 3. The summed E-state index contributed by atoms with van der Waals surface area (Å²) in [7, 11) is 4.41. The number of nitrogens with one attached hydrogen (secondary N) is 1. The molecule has 128 valence electrons. The van der Waals surface area contributed by atoms with Gasteiger partial charge in [0.15, 0.2) is 0 Å². The van der Waals surface area contributed by atoms with Gasteiger partial charge in [-0.3, -0.25) is 4.79 Å². The molecule has 0 spiro atoms. The fourth-order valence-corrected chi connectivity index (χ4v) is 1.88.